The summed E-state index contributed by atoms with van der Waals surface area (Å²) in [5.74, 6) is -0.889. The molecule has 3 aromatic heterocycles. The summed E-state index contributed by atoms with van der Waals surface area (Å²) in [7, 11) is 0. The van der Waals surface area contributed by atoms with Crippen LogP contribution in [0.2, 0.25) is 0 Å². The van der Waals surface area contributed by atoms with E-state index in [2.05, 4.69) is 30.5 Å². The molecular weight excluding hydrogens is 490 g/mol. The number of hydrogen-bond acceptors (Lipinski definition) is 8. The number of fused-ring (bicyclic) bond motifs is 1. The van der Waals surface area contributed by atoms with Gasteiger partial charge in [0.1, 0.15) is 29.0 Å². The van der Waals surface area contributed by atoms with E-state index in [1.165, 1.54) is 16.7 Å². The minimum absolute atomic E-state index is 0.0854. The van der Waals surface area contributed by atoms with E-state index >= 15 is 4.39 Å². The molecule has 0 atom stereocenters. The summed E-state index contributed by atoms with van der Waals surface area (Å²) >= 11 is 0. The van der Waals surface area contributed by atoms with Crippen LogP contribution in [-0.4, -0.2) is 45.7 Å². The Morgan fingerprint density at radius 1 is 1.08 bits per heavy atom. The Balaban J connectivity index is 1.49. The van der Waals surface area contributed by atoms with Crippen molar-refractivity contribution >= 4 is 28.4 Å². The highest BCUT2D eigenvalue weighted by Crippen LogP contribution is 2.29. The molecule has 0 amide bonds. The predicted molar refractivity (Wildman–Crippen MR) is 141 cm³/mol. The van der Waals surface area contributed by atoms with Gasteiger partial charge in [-0.2, -0.15) is 5.26 Å². The first-order valence-electron chi connectivity index (χ1n) is 12.4. The zero-order valence-electron chi connectivity index (χ0n) is 21.0. The van der Waals surface area contributed by atoms with E-state index in [-0.39, 0.29) is 39.7 Å². The van der Waals surface area contributed by atoms with Crippen LogP contribution < -0.4 is 21.1 Å². The fraction of sp³-hybridized carbons (Fsp3) is 0.296. The lowest BCUT2D eigenvalue weighted by atomic mass is 10.0. The molecule has 4 aromatic rings. The third kappa shape index (κ3) is 4.90. The number of hydrogen-bond donors (Lipinski definition) is 2. The van der Waals surface area contributed by atoms with Crippen molar-refractivity contribution in [2.45, 2.75) is 26.3 Å². The Bertz CT molecular complexity index is 1590. The van der Waals surface area contributed by atoms with Crippen molar-refractivity contribution in [1.29, 1.82) is 5.26 Å². The van der Waals surface area contributed by atoms with Crippen LogP contribution in [0.3, 0.4) is 0 Å². The summed E-state index contributed by atoms with van der Waals surface area (Å²) in [6.45, 7) is 7.24. The number of rotatable bonds is 5. The van der Waals surface area contributed by atoms with E-state index in [4.69, 9.17) is 0 Å². The molecule has 11 heteroatoms. The largest absolute Gasteiger partial charge is 0.369 e. The van der Waals surface area contributed by atoms with Gasteiger partial charge in [0.2, 0.25) is 5.95 Å². The predicted octanol–water partition coefficient (Wildman–Crippen LogP) is 4.13. The van der Waals surface area contributed by atoms with E-state index < -0.39 is 17.2 Å². The molecule has 9 nitrogen and oxygen atoms in total. The Hall–Kier alpha value is -4.43. The molecule has 194 valence electrons. The van der Waals surface area contributed by atoms with Crippen LogP contribution in [0, 0.1) is 23.0 Å². The molecule has 0 saturated carbocycles. The summed E-state index contributed by atoms with van der Waals surface area (Å²) in [5.41, 5.74) is 0.542. The Kier molecular flexibility index (Phi) is 6.98. The summed E-state index contributed by atoms with van der Waals surface area (Å²) in [6, 6.07) is 9.06. The molecule has 2 N–H and O–H groups in total. The lowest BCUT2D eigenvalue weighted by Gasteiger charge is -2.21. The van der Waals surface area contributed by atoms with Crippen molar-refractivity contribution in [3.05, 3.63) is 70.3 Å². The molecule has 0 spiro atoms. The van der Waals surface area contributed by atoms with Crippen molar-refractivity contribution in [3.63, 3.8) is 0 Å². The smallest absolute Gasteiger partial charge is 0.269 e. The minimum atomic E-state index is -0.750. The molecule has 1 aromatic carbocycles. The van der Waals surface area contributed by atoms with Crippen molar-refractivity contribution < 1.29 is 8.78 Å². The van der Waals surface area contributed by atoms with Crippen molar-refractivity contribution in [2.75, 3.05) is 36.4 Å². The second-order valence-electron chi connectivity index (χ2n) is 9.34. The maximum absolute atomic E-state index is 15.2. The van der Waals surface area contributed by atoms with Crippen molar-refractivity contribution in [1.82, 2.24) is 24.8 Å². The van der Waals surface area contributed by atoms with E-state index in [1.807, 2.05) is 12.1 Å². The number of pyridine rings is 2. The van der Waals surface area contributed by atoms with Gasteiger partial charge in [0, 0.05) is 36.6 Å². The third-order valence-corrected chi connectivity index (χ3v) is 6.45. The molecule has 38 heavy (non-hydrogen) atoms. The molecule has 5 rings (SSSR count). The Morgan fingerprint density at radius 2 is 1.92 bits per heavy atom. The van der Waals surface area contributed by atoms with Gasteiger partial charge in [0.05, 0.1) is 23.6 Å². The van der Waals surface area contributed by atoms with Gasteiger partial charge in [-0.15, -0.1) is 0 Å². The second kappa shape index (κ2) is 10.5. The fourth-order valence-electron chi connectivity index (χ4n) is 4.62. The summed E-state index contributed by atoms with van der Waals surface area (Å²) in [4.78, 5) is 27.8. The van der Waals surface area contributed by atoms with Crippen LogP contribution in [0.5, 0.6) is 0 Å². The number of nitrogens with one attached hydrogen (secondary N) is 2. The molecule has 4 heterocycles. The van der Waals surface area contributed by atoms with Crippen molar-refractivity contribution in [3.8, 4) is 17.3 Å². The van der Waals surface area contributed by atoms with Crippen LogP contribution in [0.1, 0.15) is 31.9 Å². The van der Waals surface area contributed by atoms with Crippen LogP contribution >= 0.6 is 0 Å². The number of benzene rings is 1. The first-order chi connectivity index (χ1) is 18.4. The third-order valence-electron chi connectivity index (χ3n) is 6.45. The van der Waals surface area contributed by atoms with Crippen LogP contribution in [0.15, 0.2) is 47.5 Å². The number of anilines is 3. The highest BCUT2D eigenvalue weighted by atomic mass is 19.1. The van der Waals surface area contributed by atoms with E-state index in [1.54, 1.807) is 26.1 Å². The van der Waals surface area contributed by atoms with Gasteiger partial charge in [-0.3, -0.25) is 4.79 Å². The lowest BCUT2D eigenvalue weighted by molar-refractivity contribution is 0.594. The van der Waals surface area contributed by atoms with E-state index in [0.29, 0.717) is 5.82 Å². The average molecular weight is 517 g/mol. The standard InChI is InChI=1S/C27H26F2N8O/c1-16(2)37-23-12-17(11-21(28)20(23)10-18(13-30)26(37)38)25-22(29)15-33-27(35-25)34-24-5-4-19(14-32-24)36-8-3-6-31-7-9-36/h4-5,10-12,14-16,31H,3,6-9H2,1-2H3,(H,32,33,34,35). The first kappa shape index (κ1) is 25.2. The quantitative estimate of drug-likeness (QED) is 0.407. The van der Waals surface area contributed by atoms with Gasteiger partial charge < -0.3 is 20.1 Å². The number of aromatic nitrogens is 4. The molecule has 1 aliphatic heterocycles. The van der Waals surface area contributed by atoms with Crippen LogP contribution in [-0.2, 0) is 0 Å². The Labute approximate surface area is 217 Å². The minimum Gasteiger partial charge on any atom is -0.369 e. The van der Waals surface area contributed by atoms with Crippen LogP contribution in [0.25, 0.3) is 22.2 Å². The second-order valence-corrected chi connectivity index (χ2v) is 9.34. The molecule has 0 bridgehead atoms. The number of nitrogens with zero attached hydrogens (tertiary/aromatic N) is 6. The van der Waals surface area contributed by atoms with E-state index in [9.17, 15) is 14.4 Å². The molecular formula is C27H26F2N8O. The monoisotopic (exact) mass is 516 g/mol. The van der Waals surface area contributed by atoms with Crippen molar-refractivity contribution in [2.24, 2.45) is 0 Å². The molecule has 0 radical (unpaired) electrons. The van der Waals surface area contributed by atoms with Gasteiger partial charge in [0.25, 0.3) is 5.56 Å². The zero-order chi connectivity index (χ0) is 26.8. The van der Waals surface area contributed by atoms with Gasteiger partial charge in [-0.1, -0.05) is 0 Å². The lowest BCUT2D eigenvalue weighted by Crippen LogP contribution is -2.27. The average Bonchev–Trinajstić information content (AvgIpc) is 3.19. The molecule has 0 unspecified atom stereocenters. The van der Waals surface area contributed by atoms with E-state index in [0.717, 1.165) is 50.6 Å². The first-order valence-corrected chi connectivity index (χ1v) is 12.4. The van der Waals surface area contributed by atoms with Gasteiger partial charge >= 0.3 is 0 Å². The highest BCUT2D eigenvalue weighted by Gasteiger charge is 2.19. The van der Waals surface area contributed by atoms with Gasteiger partial charge in [0.15, 0.2) is 5.82 Å². The fourth-order valence-corrected chi connectivity index (χ4v) is 4.62. The topological polar surface area (TPSA) is 112 Å². The van der Waals surface area contributed by atoms with Gasteiger partial charge in [-0.25, -0.2) is 23.7 Å². The zero-order valence-corrected chi connectivity index (χ0v) is 21.0. The van der Waals surface area contributed by atoms with Crippen LogP contribution in [0.4, 0.5) is 26.2 Å². The highest BCUT2D eigenvalue weighted by molar-refractivity contribution is 5.86. The molecule has 1 aliphatic rings. The summed E-state index contributed by atoms with van der Waals surface area (Å²) in [6.07, 6.45) is 3.81. The maximum Gasteiger partial charge on any atom is 0.269 e. The van der Waals surface area contributed by atoms with Gasteiger partial charge in [-0.05, 0) is 57.1 Å². The normalized spacial score (nSPS) is 13.9. The molecule has 1 fully saturated rings. The maximum atomic E-state index is 15.2. The summed E-state index contributed by atoms with van der Waals surface area (Å²) in [5, 5.41) is 15.8. The Morgan fingerprint density at radius 3 is 2.66 bits per heavy atom. The molecule has 0 aliphatic carbocycles. The SMILES string of the molecule is CC(C)n1c(=O)c(C#N)cc2c(F)cc(-c3nc(Nc4ccc(N5CCCNCC5)cn4)ncc3F)cc21. The molecule has 1 saturated heterocycles. The number of halogens is 2. The number of nitriles is 1. The summed E-state index contributed by atoms with van der Waals surface area (Å²) < 4.78 is 31.4.